The molecule has 0 N–H and O–H groups in total. The van der Waals surface area contributed by atoms with Gasteiger partial charge in [-0.15, -0.1) is 0 Å². The van der Waals surface area contributed by atoms with Crippen molar-refractivity contribution in [1.29, 1.82) is 0 Å². The van der Waals surface area contributed by atoms with Crippen LogP contribution in [0, 0.1) is 11.9 Å². The Morgan fingerprint density at radius 1 is 1.50 bits per heavy atom. The lowest BCUT2D eigenvalue weighted by molar-refractivity contribution is 0.415. The van der Waals surface area contributed by atoms with Crippen LogP contribution in [-0.4, -0.2) is 15.0 Å². The maximum atomic E-state index is 12.4. The summed E-state index contributed by atoms with van der Waals surface area (Å²) in [5.41, 5.74) is 0. The van der Waals surface area contributed by atoms with E-state index in [1.165, 1.54) is 0 Å². The van der Waals surface area contributed by atoms with Gasteiger partial charge in [0.25, 0.3) is 11.9 Å². The highest BCUT2D eigenvalue weighted by Crippen LogP contribution is 1.99. The molecule has 0 radical (unpaired) electrons. The Morgan fingerprint density at radius 2 is 2.20 bits per heavy atom. The first-order valence-electron chi connectivity index (χ1n) is 3.00. The van der Waals surface area contributed by atoms with Crippen LogP contribution in [0.2, 0.25) is 0 Å². The van der Waals surface area contributed by atoms with E-state index in [-0.39, 0.29) is 0 Å². The SMILES string of the molecule is CCCn1nnc(F)c1F. The molecular weight excluding hydrogens is 140 g/mol. The molecule has 1 aromatic heterocycles. The minimum atomic E-state index is -1.13. The quantitative estimate of drug-likeness (QED) is 0.623. The molecule has 0 aliphatic carbocycles. The molecule has 0 saturated carbocycles. The molecule has 0 aromatic carbocycles. The number of hydrogen-bond donors (Lipinski definition) is 0. The number of nitrogens with zero attached hydrogens (tertiary/aromatic N) is 3. The van der Waals surface area contributed by atoms with E-state index in [9.17, 15) is 8.78 Å². The van der Waals surface area contributed by atoms with Crippen molar-refractivity contribution in [3.05, 3.63) is 11.9 Å². The molecule has 5 heteroatoms. The topological polar surface area (TPSA) is 30.7 Å². The minimum Gasteiger partial charge on any atom is -0.217 e. The van der Waals surface area contributed by atoms with Crippen molar-refractivity contribution in [1.82, 2.24) is 15.0 Å². The summed E-state index contributed by atoms with van der Waals surface area (Å²) in [4.78, 5) is 0. The Morgan fingerprint density at radius 3 is 2.60 bits per heavy atom. The Bertz CT molecular complexity index is 221. The third kappa shape index (κ3) is 1.12. The van der Waals surface area contributed by atoms with Gasteiger partial charge in [-0.25, -0.2) is 4.68 Å². The summed E-state index contributed by atoms with van der Waals surface area (Å²) in [6.07, 6.45) is 0.708. The zero-order valence-corrected chi connectivity index (χ0v) is 5.51. The van der Waals surface area contributed by atoms with Gasteiger partial charge in [0.15, 0.2) is 0 Å². The van der Waals surface area contributed by atoms with Gasteiger partial charge in [0, 0.05) is 6.54 Å². The molecule has 56 valence electrons. The first-order valence-corrected chi connectivity index (χ1v) is 3.00. The summed E-state index contributed by atoms with van der Waals surface area (Å²) in [5.74, 6) is -2.12. The van der Waals surface area contributed by atoms with Gasteiger partial charge >= 0.3 is 0 Å². The lowest BCUT2D eigenvalue weighted by atomic mass is 10.5. The van der Waals surface area contributed by atoms with E-state index in [4.69, 9.17) is 0 Å². The molecule has 0 amide bonds. The lowest BCUT2D eigenvalue weighted by Crippen LogP contribution is -2.02. The van der Waals surface area contributed by atoms with Gasteiger partial charge in [-0.3, -0.25) is 0 Å². The number of aryl methyl sites for hydroxylation is 1. The summed E-state index contributed by atoms with van der Waals surface area (Å²) in [6.45, 7) is 2.21. The fourth-order valence-corrected chi connectivity index (χ4v) is 0.635. The van der Waals surface area contributed by atoms with Crippen LogP contribution < -0.4 is 0 Å². The molecule has 0 spiro atoms. The Hall–Kier alpha value is -1.00. The molecule has 0 saturated heterocycles. The monoisotopic (exact) mass is 147 g/mol. The number of aromatic nitrogens is 3. The van der Waals surface area contributed by atoms with Crippen molar-refractivity contribution in [2.75, 3.05) is 0 Å². The number of halogens is 2. The first kappa shape index (κ1) is 7.11. The van der Waals surface area contributed by atoms with Gasteiger partial charge in [0.1, 0.15) is 0 Å². The van der Waals surface area contributed by atoms with Gasteiger partial charge in [-0.05, 0) is 6.42 Å². The maximum Gasteiger partial charge on any atom is 0.289 e. The zero-order chi connectivity index (χ0) is 7.56. The largest absolute Gasteiger partial charge is 0.289 e. The highest BCUT2D eigenvalue weighted by molar-refractivity contribution is 4.75. The molecule has 0 aliphatic rings. The third-order valence-electron chi connectivity index (χ3n) is 1.07. The van der Waals surface area contributed by atoms with Crippen LogP contribution >= 0.6 is 0 Å². The molecule has 1 heterocycles. The van der Waals surface area contributed by atoms with E-state index in [0.29, 0.717) is 13.0 Å². The van der Waals surface area contributed by atoms with Crippen molar-refractivity contribution in [3.8, 4) is 0 Å². The molecule has 0 aliphatic heterocycles. The molecule has 10 heavy (non-hydrogen) atoms. The van der Waals surface area contributed by atoms with Gasteiger partial charge in [0.05, 0.1) is 0 Å². The van der Waals surface area contributed by atoms with Crippen LogP contribution in [0.25, 0.3) is 0 Å². The summed E-state index contributed by atoms with van der Waals surface area (Å²) in [7, 11) is 0. The summed E-state index contributed by atoms with van der Waals surface area (Å²) in [6, 6.07) is 0. The predicted molar refractivity (Wildman–Crippen MR) is 30.2 cm³/mol. The second-order valence-electron chi connectivity index (χ2n) is 1.89. The van der Waals surface area contributed by atoms with E-state index in [2.05, 4.69) is 10.3 Å². The maximum absolute atomic E-state index is 12.4. The molecule has 1 aromatic rings. The molecule has 3 nitrogen and oxygen atoms in total. The van der Waals surface area contributed by atoms with Gasteiger partial charge in [0.2, 0.25) is 0 Å². The Kier molecular flexibility index (Phi) is 1.94. The average Bonchev–Trinajstić information content (AvgIpc) is 2.20. The molecule has 0 atom stereocenters. The third-order valence-corrected chi connectivity index (χ3v) is 1.07. The van der Waals surface area contributed by atoms with Gasteiger partial charge < -0.3 is 0 Å². The fourth-order valence-electron chi connectivity index (χ4n) is 0.635. The summed E-state index contributed by atoms with van der Waals surface area (Å²) in [5, 5.41) is 6.13. The Labute approximate surface area is 56.7 Å². The minimum absolute atomic E-state index is 0.364. The Balaban J connectivity index is 2.83. The van der Waals surface area contributed by atoms with Crippen LogP contribution in [0.1, 0.15) is 13.3 Å². The second-order valence-corrected chi connectivity index (χ2v) is 1.89. The van der Waals surface area contributed by atoms with E-state index in [1.54, 1.807) is 0 Å². The summed E-state index contributed by atoms with van der Waals surface area (Å²) >= 11 is 0. The van der Waals surface area contributed by atoms with E-state index in [0.717, 1.165) is 4.68 Å². The fraction of sp³-hybridized carbons (Fsp3) is 0.600. The van der Waals surface area contributed by atoms with Crippen LogP contribution in [0.5, 0.6) is 0 Å². The van der Waals surface area contributed by atoms with Crippen molar-refractivity contribution in [2.24, 2.45) is 0 Å². The highest BCUT2D eigenvalue weighted by Gasteiger charge is 2.09. The molecule has 0 unspecified atom stereocenters. The van der Waals surface area contributed by atoms with Crippen molar-refractivity contribution < 1.29 is 8.78 Å². The van der Waals surface area contributed by atoms with Crippen LogP contribution in [0.15, 0.2) is 0 Å². The molecule has 0 bridgehead atoms. The van der Waals surface area contributed by atoms with Gasteiger partial charge in [-0.2, -0.15) is 8.78 Å². The first-order chi connectivity index (χ1) is 4.75. The molecular formula is C5H7F2N3. The smallest absolute Gasteiger partial charge is 0.217 e. The zero-order valence-electron chi connectivity index (χ0n) is 5.51. The average molecular weight is 147 g/mol. The van der Waals surface area contributed by atoms with Crippen LogP contribution in [-0.2, 0) is 6.54 Å². The van der Waals surface area contributed by atoms with Crippen molar-refractivity contribution >= 4 is 0 Å². The van der Waals surface area contributed by atoms with Crippen LogP contribution in [0.4, 0.5) is 8.78 Å². The second kappa shape index (κ2) is 2.72. The van der Waals surface area contributed by atoms with Crippen LogP contribution in [0.3, 0.4) is 0 Å². The standard InChI is InChI=1S/C5H7F2N3/c1-2-3-10-5(7)4(6)8-9-10/h2-3H2,1H3. The van der Waals surface area contributed by atoms with Crippen molar-refractivity contribution in [3.63, 3.8) is 0 Å². The lowest BCUT2D eigenvalue weighted by Gasteiger charge is -1.93. The van der Waals surface area contributed by atoms with Crippen molar-refractivity contribution in [2.45, 2.75) is 19.9 Å². The predicted octanol–water partition coefficient (Wildman–Crippen LogP) is 0.966. The van der Waals surface area contributed by atoms with E-state index < -0.39 is 11.9 Å². The molecule has 1 rings (SSSR count). The van der Waals surface area contributed by atoms with E-state index >= 15 is 0 Å². The normalized spacial score (nSPS) is 10.3. The molecule has 0 fully saturated rings. The number of rotatable bonds is 2. The number of hydrogen-bond acceptors (Lipinski definition) is 2. The summed E-state index contributed by atoms with van der Waals surface area (Å²) < 4.78 is 25.4. The highest BCUT2D eigenvalue weighted by atomic mass is 19.2. The van der Waals surface area contributed by atoms with E-state index in [1.807, 2.05) is 6.92 Å². The van der Waals surface area contributed by atoms with Gasteiger partial charge in [-0.1, -0.05) is 17.2 Å².